The smallest absolute Gasteiger partial charge is 0.466 e. The van der Waals surface area contributed by atoms with Crippen LogP contribution in [0.1, 0.15) is 40.0 Å². The summed E-state index contributed by atoms with van der Waals surface area (Å²) in [7, 11) is -3.02. The van der Waals surface area contributed by atoms with E-state index in [4.69, 9.17) is 0 Å². The first-order chi connectivity index (χ1) is 10.6. The van der Waals surface area contributed by atoms with E-state index in [0.29, 0.717) is 0 Å². The van der Waals surface area contributed by atoms with Gasteiger partial charge in [-0.05, 0) is 25.2 Å². The van der Waals surface area contributed by atoms with Crippen LogP contribution >= 0.6 is 0 Å². The SMILES string of the molecule is CCC[N+](C)(CCC)CCC.O=S(=O)([O-])C#CC(F)(F)C(F)(F)F. The lowest BCUT2D eigenvalue weighted by Gasteiger charge is -2.33. The lowest BCUT2D eigenvalue weighted by molar-refractivity contribution is -0.909. The van der Waals surface area contributed by atoms with E-state index in [2.05, 4.69) is 27.8 Å². The Morgan fingerprint density at radius 3 is 1.46 bits per heavy atom. The lowest BCUT2D eigenvalue weighted by Crippen LogP contribution is -2.45. The van der Waals surface area contributed by atoms with E-state index in [-0.39, 0.29) is 11.2 Å². The third kappa shape index (κ3) is 11.6. The molecule has 0 aromatic carbocycles. The lowest BCUT2D eigenvalue weighted by atomic mass is 10.2. The summed E-state index contributed by atoms with van der Waals surface area (Å²) in [5.41, 5.74) is 0. The van der Waals surface area contributed by atoms with Gasteiger partial charge in [0.15, 0.2) is 10.1 Å². The van der Waals surface area contributed by atoms with Gasteiger partial charge in [-0.3, -0.25) is 0 Å². The highest BCUT2D eigenvalue weighted by Gasteiger charge is 2.56. The molecule has 0 heterocycles. The molecule has 0 atom stereocenters. The summed E-state index contributed by atoms with van der Waals surface area (Å²) in [6, 6.07) is 0. The summed E-state index contributed by atoms with van der Waals surface area (Å²) in [4.78, 5) is 0. The maximum Gasteiger partial charge on any atom is 0.466 e. The van der Waals surface area contributed by atoms with Crippen molar-refractivity contribution in [2.45, 2.75) is 52.1 Å². The van der Waals surface area contributed by atoms with Crippen molar-refractivity contribution < 1.29 is 39.4 Å². The number of hydrogen-bond acceptors (Lipinski definition) is 3. The zero-order chi connectivity index (χ0) is 19.7. The summed E-state index contributed by atoms with van der Waals surface area (Å²) < 4.78 is 87.3. The normalized spacial score (nSPS) is 12.8. The van der Waals surface area contributed by atoms with Crippen molar-refractivity contribution in [3.8, 4) is 11.2 Å². The molecular weight excluding hydrogens is 357 g/mol. The molecule has 10 heteroatoms. The zero-order valence-electron chi connectivity index (χ0n) is 14.2. The van der Waals surface area contributed by atoms with Gasteiger partial charge in [0, 0.05) is 5.25 Å². The van der Waals surface area contributed by atoms with E-state index in [0.717, 1.165) is 0 Å². The van der Waals surface area contributed by atoms with Gasteiger partial charge in [0.1, 0.15) is 0 Å². The van der Waals surface area contributed by atoms with Gasteiger partial charge in [0.05, 0.1) is 26.7 Å². The second-order valence-electron chi connectivity index (χ2n) is 5.54. The Hall–Kier alpha value is -0.920. The molecule has 0 aliphatic rings. The van der Waals surface area contributed by atoms with Gasteiger partial charge in [-0.1, -0.05) is 20.8 Å². The van der Waals surface area contributed by atoms with Crippen LogP contribution in [0.3, 0.4) is 0 Å². The number of alkyl halides is 5. The molecular formula is C14H24F5NO3S. The molecule has 0 aromatic rings. The number of rotatable bonds is 6. The molecule has 0 aliphatic heterocycles. The third-order valence-electron chi connectivity index (χ3n) is 2.98. The largest absolute Gasteiger partial charge is 0.738 e. The van der Waals surface area contributed by atoms with Crippen LogP contribution < -0.4 is 0 Å². The van der Waals surface area contributed by atoms with Crippen molar-refractivity contribution in [3.05, 3.63) is 0 Å². The molecule has 0 amide bonds. The quantitative estimate of drug-likeness (QED) is 0.307. The summed E-state index contributed by atoms with van der Waals surface area (Å²) >= 11 is 0. The van der Waals surface area contributed by atoms with Crippen molar-refractivity contribution in [3.63, 3.8) is 0 Å². The first kappa shape index (κ1) is 25.3. The fourth-order valence-corrected chi connectivity index (χ4v) is 2.41. The van der Waals surface area contributed by atoms with E-state index in [1.165, 1.54) is 43.4 Å². The Kier molecular flexibility index (Phi) is 10.7. The highest BCUT2D eigenvalue weighted by Crippen LogP contribution is 2.34. The van der Waals surface area contributed by atoms with Gasteiger partial charge >= 0.3 is 12.1 Å². The molecule has 0 unspecified atom stereocenters. The van der Waals surface area contributed by atoms with Crippen molar-refractivity contribution in [1.29, 1.82) is 0 Å². The Bertz CT molecular complexity index is 504. The van der Waals surface area contributed by atoms with Gasteiger partial charge in [0.2, 0.25) is 0 Å². The van der Waals surface area contributed by atoms with E-state index >= 15 is 0 Å². The first-order valence-electron chi connectivity index (χ1n) is 7.42. The Labute approximate surface area is 140 Å². The van der Waals surface area contributed by atoms with Gasteiger partial charge in [-0.15, -0.1) is 0 Å². The predicted octanol–water partition coefficient (Wildman–Crippen LogP) is 3.35. The molecule has 0 rings (SSSR count). The Morgan fingerprint density at radius 2 is 1.25 bits per heavy atom. The number of hydrogen-bond donors (Lipinski definition) is 0. The van der Waals surface area contributed by atoms with Crippen LogP contribution in [0.4, 0.5) is 22.0 Å². The average molecular weight is 381 g/mol. The molecule has 0 aromatic heterocycles. The minimum absolute atomic E-state index is 0.0301. The Balaban J connectivity index is 0. The second-order valence-corrected chi connectivity index (χ2v) is 6.66. The fourth-order valence-electron chi connectivity index (χ4n) is 2.15. The van der Waals surface area contributed by atoms with Gasteiger partial charge < -0.3 is 9.04 Å². The van der Waals surface area contributed by atoms with Gasteiger partial charge in [-0.25, -0.2) is 8.42 Å². The highest BCUT2D eigenvalue weighted by atomic mass is 32.2. The van der Waals surface area contributed by atoms with Crippen LogP contribution in [0.2, 0.25) is 0 Å². The second kappa shape index (κ2) is 10.2. The van der Waals surface area contributed by atoms with Gasteiger partial charge in [0.25, 0.3) is 0 Å². The van der Waals surface area contributed by atoms with Crippen LogP contribution in [0.15, 0.2) is 0 Å². The van der Waals surface area contributed by atoms with Crippen molar-refractivity contribution in [1.82, 2.24) is 0 Å². The molecule has 0 N–H and O–H groups in total. The monoisotopic (exact) mass is 381 g/mol. The minimum Gasteiger partial charge on any atom is -0.738 e. The molecule has 0 radical (unpaired) electrons. The molecule has 0 saturated heterocycles. The zero-order valence-corrected chi connectivity index (χ0v) is 15.0. The van der Waals surface area contributed by atoms with E-state index in [9.17, 15) is 34.9 Å². The molecule has 0 bridgehead atoms. The number of quaternary nitrogens is 1. The maximum atomic E-state index is 11.8. The minimum atomic E-state index is -6.00. The molecule has 0 spiro atoms. The molecule has 0 fully saturated rings. The molecule has 144 valence electrons. The topological polar surface area (TPSA) is 57.2 Å². The summed E-state index contributed by atoms with van der Waals surface area (Å²) in [6.07, 6.45) is -2.05. The molecule has 24 heavy (non-hydrogen) atoms. The Morgan fingerprint density at radius 1 is 0.917 bits per heavy atom. The van der Waals surface area contributed by atoms with E-state index in [1.54, 1.807) is 0 Å². The average Bonchev–Trinajstić information content (AvgIpc) is 2.36. The molecule has 0 aliphatic carbocycles. The maximum absolute atomic E-state index is 11.8. The fraction of sp³-hybridized carbons (Fsp3) is 0.857. The van der Waals surface area contributed by atoms with Gasteiger partial charge in [-0.2, -0.15) is 22.0 Å². The van der Waals surface area contributed by atoms with Crippen molar-refractivity contribution in [2.75, 3.05) is 26.7 Å². The number of halogens is 5. The third-order valence-corrected chi connectivity index (χ3v) is 3.33. The summed E-state index contributed by atoms with van der Waals surface area (Å²) in [5.74, 6) is -5.47. The predicted molar refractivity (Wildman–Crippen MR) is 80.1 cm³/mol. The summed E-state index contributed by atoms with van der Waals surface area (Å²) in [6.45, 7) is 10.9. The van der Waals surface area contributed by atoms with Crippen LogP contribution in [0.25, 0.3) is 0 Å². The van der Waals surface area contributed by atoms with E-state index in [1.807, 2.05) is 0 Å². The highest BCUT2D eigenvalue weighted by molar-refractivity contribution is 7.90. The van der Waals surface area contributed by atoms with Crippen molar-refractivity contribution in [2.24, 2.45) is 0 Å². The van der Waals surface area contributed by atoms with Crippen molar-refractivity contribution >= 4 is 10.1 Å². The molecule has 4 nitrogen and oxygen atoms in total. The van der Waals surface area contributed by atoms with Crippen LogP contribution in [-0.4, -0.2) is 56.2 Å². The van der Waals surface area contributed by atoms with E-state index < -0.39 is 22.2 Å². The first-order valence-corrected chi connectivity index (χ1v) is 8.82. The number of nitrogens with zero attached hydrogens (tertiary/aromatic N) is 1. The summed E-state index contributed by atoms with van der Waals surface area (Å²) in [5, 5.41) is 0.265. The molecule has 0 saturated carbocycles. The van der Waals surface area contributed by atoms with Crippen LogP contribution in [-0.2, 0) is 10.1 Å². The standard InChI is InChI=1S/C10H24N.C4HF5O3S/c1-5-8-11(4,9-6-2)10-7-3;5-3(6,4(7,8)9)1-2-13(10,11)12/h5-10H2,1-4H3;(H,10,11,12)/q+1;/p-1. The van der Waals surface area contributed by atoms with Crippen LogP contribution in [0, 0.1) is 11.2 Å². The van der Waals surface area contributed by atoms with Crippen LogP contribution in [0.5, 0.6) is 0 Å².